The van der Waals surface area contributed by atoms with Crippen molar-refractivity contribution in [1.29, 1.82) is 0 Å². The number of thiazole rings is 1. The number of nitrogens with two attached hydrogens (primary N) is 1. The molecule has 1 saturated carbocycles. The van der Waals surface area contributed by atoms with E-state index in [1.54, 1.807) is 0 Å². The van der Waals surface area contributed by atoms with E-state index < -0.39 is 0 Å². The molecule has 1 fully saturated rings. The molecule has 0 aliphatic heterocycles. The Bertz CT molecular complexity index is 300. The fourth-order valence-corrected chi connectivity index (χ4v) is 2.87. The summed E-state index contributed by atoms with van der Waals surface area (Å²) in [7, 11) is 0. The fourth-order valence-electron chi connectivity index (χ4n) is 1.68. The number of aryl methyl sites for hydroxylation is 1. The van der Waals surface area contributed by atoms with Crippen LogP contribution in [0.5, 0.6) is 0 Å². The molecule has 0 amide bonds. The van der Waals surface area contributed by atoms with Crippen molar-refractivity contribution in [2.75, 3.05) is 0 Å². The monoisotopic (exact) mass is 196 g/mol. The fraction of sp³-hybridized carbons (Fsp3) is 0.700. The van der Waals surface area contributed by atoms with Gasteiger partial charge in [-0.05, 0) is 26.7 Å². The zero-order chi connectivity index (χ0) is 9.42. The van der Waals surface area contributed by atoms with Gasteiger partial charge in [0.25, 0.3) is 0 Å². The van der Waals surface area contributed by atoms with Crippen LogP contribution in [0.1, 0.15) is 53.7 Å². The van der Waals surface area contributed by atoms with Crippen LogP contribution in [0.4, 0.5) is 0 Å². The molecule has 0 saturated heterocycles. The van der Waals surface area contributed by atoms with Gasteiger partial charge in [0.2, 0.25) is 0 Å². The summed E-state index contributed by atoms with van der Waals surface area (Å²) in [6, 6.07) is 0.145. The van der Waals surface area contributed by atoms with E-state index in [1.165, 1.54) is 29.1 Å². The number of hydrogen-bond donors (Lipinski definition) is 1. The molecule has 1 aromatic heterocycles. The number of rotatable bonds is 2. The van der Waals surface area contributed by atoms with Crippen molar-refractivity contribution in [3.05, 3.63) is 15.6 Å². The normalized spacial score (nSPS) is 19.9. The number of nitrogens with zero attached hydrogens (tertiary/aromatic N) is 1. The maximum absolute atomic E-state index is 5.86. The van der Waals surface area contributed by atoms with Crippen LogP contribution in [0.25, 0.3) is 0 Å². The third-order valence-electron chi connectivity index (χ3n) is 2.72. The second kappa shape index (κ2) is 3.39. The Morgan fingerprint density at radius 1 is 1.54 bits per heavy atom. The Morgan fingerprint density at radius 2 is 2.23 bits per heavy atom. The van der Waals surface area contributed by atoms with Gasteiger partial charge in [0, 0.05) is 16.8 Å². The largest absolute Gasteiger partial charge is 0.323 e. The predicted molar refractivity (Wildman–Crippen MR) is 56.0 cm³/mol. The Balaban J connectivity index is 2.23. The quantitative estimate of drug-likeness (QED) is 0.790. The van der Waals surface area contributed by atoms with Crippen LogP contribution in [0, 0.1) is 6.92 Å². The molecule has 1 heterocycles. The van der Waals surface area contributed by atoms with E-state index in [1.807, 2.05) is 18.3 Å². The minimum absolute atomic E-state index is 0.145. The summed E-state index contributed by atoms with van der Waals surface area (Å²) in [5.41, 5.74) is 7.00. The van der Waals surface area contributed by atoms with Crippen LogP contribution < -0.4 is 5.73 Å². The lowest BCUT2D eigenvalue weighted by Gasteiger charge is -2.22. The van der Waals surface area contributed by atoms with Gasteiger partial charge in [-0.1, -0.05) is 6.42 Å². The first kappa shape index (κ1) is 9.16. The van der Waals surface area contributed by atoms with Crippen molar-refractivity contribution in [3.8, 4) is 0 Å². The second-order valence-corrected chi connectivity index (χ2v) is 4.98. The zero-order valence-electron chi connectivity index (χ0n) is 8.21. The molecule has 0 bridgehead atoms. The summed E-state index contributed by atoms with van der Waals surface area (Å²) in [5, 5.41) is 1.32. The van der Waals surface area contributed by atoms with Crippen molar-refractivity contribution >= 4 is 11.3 Å². The van der Waals surface area contributed by atoms with Crippen LogP contribution in [0.3, 0.4) is 0 Å². The molecule has 0 spiro atoms. The molecule has 1 aliphatic rings. The molecule has 2 N–H and O–H groups in total. The Labute approximate surface area is 83.2 Å². The molecule has 0 aromatic carbocycles. The van der Waals surface area contributed by atoms with E-state index >= 15 is 0 Å². The summed E-state index contributed by atoms with van der Waals surface area (Å²) in [6.07, 6.45) is 4.02. The van der Waals surface area contributed by atoms with E-state index in [2.05, 4.69) is 11.9 Å². The number of hydrogen-bond acceptors (Lipinski definition) is 3. The second-order valence-electron chi connectivity index (χ2n) is 3.92. The van der Waals surface area contributed by atoms with Gasteiger partial charge in [-0.25, -0.2) is 4.98 Å². The van der Waals surface area contributed by atoms with E-state index in [9.17, 15) is 0 Å². The highest BCUT2D eigenvalue weighted by molar-refractivity contribution is 7.11. The van der Waals surface area contributed by atoms with E-state index in [0.717, 1.165) is 11.6 Å². The average Bonchev–Trinajstić information content (AvgIpc) is 2.27. The first-order valence-electron chi connectivity index (χ1n) is 4.91. The zero-order valence-corrected chi connectivity index (χ0v) is 9.03. The third-order valence-corrected chi connectivity index (χ3v) is 4.24. The highest BCUT2D eigenvalue weighted by Gasteiger charge is 2.24. The molecule has 0 radical (unpaired) electrons. The van der Waals surface area contributed by atoms with Crippen LogP contribution in [-0.2, 0) is 0 Å². The lowest BCUT2D eigenvalue weighted by atomic mass is 9.86. The van der Waals surface area contributed by atoms with Crippen LogP contribution in [0.2, 0.25) is 0 Å². The van der Waals surface area contributed by atoms with Gasteiger partial charge in [-0.15, -0.1) is 11.3 Å². The topological polar surface area (TPSA) is 38.9 Å². The maximum atomic E-state index is 5.86. The molecule has 2 rings (SSSR count). The minimum Gasteiger partial charge on any atom is -0.323 e. The number of aromatic nitrogens is 1. The van der Waals surface area contributed by atoms with Gasteiger partial charge < -0.3 is 5.73 Å². The standard InChI is InChI=1S/C10H16N2S/c1-6(11)9-7(2)12-10(13-9)8-4-3-5-8/h6,8H,3-5,11H2,1-2H3. The Hall–Kier alpha value is -0.410. The van der Waals surface area contributed by atoms with Crippen molar-refractivity contribution in [2.24, 2.45) is 5.73 Å². The molecule has 1 unspecified atom stereocenters. The first-order chi connectivity index (χ1) is 6.18. The first-order valence-corrected chi connectivity index (χ1v) is 5.73. The molecule has 1 aromatic rings. The summed E-state index contributed by atoms with van der Waals surface area (Å²) in [6.45, 7) is 4.10. The smallest absolute Gasteiger partial charge is 0.0962 e. The SMILES string of the molecule is Cc1nc(C2CCC2)sc1C(C)N. The molecule has 72 valence electrons. The Kier molecular flexibility index (Phi) is 2.39. The summed E-state index contributed by atoms with van der Waals surface area (Å²) >= 11 is 1.82. The molecule has 3 heteroatoms. The lowest BCUT2D eigenvalue weighted by Crippen LogP contribution is -2.07. The van der Waals surface area contributed by atoms with Crippen molar-refractivity contribution in [1.82, 2.24) is 4.98 Å². The molecular formula is C10H16N2S. The van der Waals surface area contributed by atoms with Crippen molar-refractivity contribution in [2.45, 2.75) is 45.1 Å². The minimum atomic E-state index is 0.145. The van der Waals surface area contributed by atoms with Gasteiger partial charge in [-0.2, -0.15) is 0 Å². The van der Waals surface area contributed by atoms with Crippen LogP contribution in [0.15, 0.2) is 0 Å². The predicted octanol–water partition coefficient (Wildman–Crippen LogP) is 2.74. The van der Waals surface area contributed by atoms with E-state index in [-0.39, 0.29) is 6.04 Å². The van der Waals surface area contributed by atoms with Gasteiger partial charge >= 0.3 is 0 Å². The summed E-state index contributed by atoms with van der Waals surface area (Å²) < 4.78 is 0. The van der Waals surface area contributed by atoms with Gasteiger partial charge in [0.1, 0.15) is 0 Å². The van der Waals surface area contributed by atoms with Gasteiger partial charge in [0.15, 0.2) is 0 Å². The summed E-state index contributed by atoms with van der Waals surface area (Å²) in [5.74, 6) is 0.746. The van der Waals surface area contributed by atoms with Crippen molar-refractivity contribution < 1.29 is 0 Å². The van der Waals surface area contributed by atoms with Crippen molar-refractivity contribution in [3.63, 3.8) is 0 Å². The van der Waals surface area contributed by atoms with E-state index in [4.69, 9.17) is 5.73 Å². The highest BCUT2D eigenvalue weighted by Crippen LogP contribution is 2.39. The van der Waals surface area contributed by atoms with Gasteiger partial charge in [-0.3, -0.25) is 0 Å². The maximum Gasteiger partial charge on any atom is 0.0962 e. The van der Waals surface area contributed by atoms with Crippen LogP contribution >= 0.6 is 11.3 Å². The lowest BCUT2D eigenvalue weighted by molar-refractivity contribution is 0.418. The van der Waals surface area contributed by atoms with E-state index in [0.29, 0.717) is 0 Å². The summed E-state index contributed by atoms with van der Waals surface area (Å²) in [4.78, 5) is 5.86. The molecule has 13 heavy (non-hydrogen) atoms. The third kappa shape index (κ3) is 1.63. The Morgan fingerprint density at radius 3 is 2.62 bits per heavy atom. The van der Waals surface area contributed by atoms with Crippen LogP contribution in [-0.4, -0.2) is 4.98 Å². The molecule has 1 atom stereocenters. The molecule has 1 aliphatic carbocycles. The average molecular weight is 196 g/mol. The highest BCUT2D eigenvalue weighted by atomic mass is 32.1. The molecule has 2 nitrogen and oxygen atoms in total. The molecular weight excluding hydrogens is 180 g/mol. The van der Waals surface area contributed by atoms with Gasteiger partial charge in [0.05, 0.1) is 10.7 Å².